The molecular formula is C8H15NOS. The van der Waals surface area contributed by atoms with Gasteiger partial charge in [-0.25, -0.2) is 0 Å². The van der Waals surface area contributed by atoms with Gasteiger partial charge in [0.05, 0.1) is 6.54 Å². The number of thioether (sulfide) groups is 1. The molecule has 0 bridgehead atoms. The molecule has 1 aliphatic rings. The zero-order chi connectivity index (χ0) is 8.10. The van der Waals surface area contributed by atoms with E-state index in [2.05, 4.69) is 11.2 Å². The molecule has 1 aliphatic heterocycles. The summed E-state index contributed by atoms with van der Waals surface area (Å²) in [6.07, 6.45) is 5.66. The van der Waals surface area contributed by atoms with Crippen molar-refractivity contribution in [3.8, 4) is 0 Å². The average molecular weight is 173 g/mol. The average Bonchev–Trinajstić information content (AvgIpc) is 2.07. The van der Waals surface area contributed by atoms with Gasteiger partial charge in [0, 0.05) is 5.25 Å². The highest BCUT2D eigenvalue weighted by molar-refractivity contribution is 7.99. The van der Waals surface area contributed by atoms with E-state index in [1.165, 1.54) is 12.8 Å². The Morgan fingerprint density at radius 2 is 2.18 bits per heavy atom. The van der Waals surface area contributed by atoms with E-state index in [1.807, 2.05) is 11.8 Å². The van der Waals surface area contributed by atoms with Gasteiger partial charge < -0.3 is 4.79 Å². The highest BCUT2D eigenvalue weighted by atomic mass is 32.2. The van der Waals surface area contributed by atoms with Crippen molar-refractivity contribution in [3.63, 3.8) is 0 Å². The molecule has 0 aliphatic carbocycles. The molecule has 2 nitrogen and oxygen atoms in total. The van der Waals surface area contributed by atoms with Gasteiger partial charge in [0.15, 0.2) is 0 Å². The van der Waals surface area contributed by atoms with E-state index in [1.54, 1.807) is 0 Å². The molecule has 1 saturated heterocycles. The van der Waals surface area contributed by atoms with E-state index in [-0.39, 0.29) is 0 Å². The zero-order valence-corrected chi connectivity index (χ0v) is 7.77. The number of nitrogens with zero attached hydrogens (tertiary/aromatic N) is 1. The molecular weight excluding hydrogens is 158 g/mol. The second kappa shape index (κ2) is 4.78. The molecule has 1 heterocycles. The number of aldehydes is 1. The van der Waals surface area contributed by atoms with E-state index in [0.29, 0.717) is 6.54 Å². The third-order valence-corrected chi connectivity index (χ3v) is 3.34. The lowest BCUT2D eigenvalue weighted by Crippen LogP contribution is -2.35. The van der Waals surface area contributed by atoms with Crippen LogP contribution in [0.2, 0.25) is 0 Å². The molecule has 0 N–H and O–H groups in total. The largest absolute Gasteiger partial charge is 0.302 e. The first-order valence-electron chi connectivity index (χ1n) is 4.05. The van der Waals surface area contributed by atoms with Crippen LogP contribution in [0, 0.1) is 0 Å². The van der Waals surface area contributed by atoms with Crippen molar-refractivity contribution < 1.29 is 4.79 Å². The van der Waals surface area contributed by atoms with Crippen molar-refractivity contribution in [1.29, 1.82) is 0 Å². The smallest absolute Gasteiger partial charge is 0.133 e. The van der Waals surface area contributed by atoms with Gasteiger partial charge in [-0.15, -0.1) is 0 Å². The monoisotopic (exact) mass is 173 g/mol. The standard InChI is InChI=1S/C8H15NOS/c1-11-8-2-4-9(5-3-8)6-7-10/h7-8H,2-6H2,1H3. The molecule has 0 saturated carbocycles. The lowest BCUT2D eigenvalue weighted by atomic mass is 10.1. The van der Waals surface area contributed by atoms with E-state index in [4.69, 9.17) is 0 Å². The molecule has 0 amide bonds. The van der Waals surface area contributed by atoms with Crippen LogP contribution in [0.1, 0.15) is 12.8 Å². The molecule has 0 unspecified atom stereocenters. The van der Waals surface area contributed by atoms with Gasteiger partial charge in [-0.2, -0.15) is 11.8 Å². The van der Waals surface area contributed by atoms with Gasteiger partial charge in [0.25, 0.3) is 0 Å². The van der Waals surface area contributed by atoms with Crippen molar-refractivity contribution in [2.45, 2.75) is 18.1 Å². The van der Waals surface area contributed by atoms with Crippen LogP contribution in [0.4, 0.5) is 0 Å². The Balaban J connectivity index is 2.18. The first kappa shape index (κ1) is 9.07. The second-order valence-corrected chi connectivity index (χ2v) is 4.04. The summed E-state index contributed by atoms with van der Waals surface area (Å²) >= 11 is 1.95. The third kappa shape index (κ3) is 2.83. The van der Waals surface area contributed by atoms with Crippen LogP contribution in [0.5, 0.6) is 0 Å². The molecule has 1 rings (SSSR count). The van der Waals surface area contributed by atoms with Crippen LogP contribution in [-0.2, 0) is 4.79 Å². The number of hydrogen-bond donors (Lipinski definition) is 0. The van der Waals surface area contributed by atoms with E-state index in [0.717, 1.165) is 24.6 Å². The summed E-state index contributed by atoms with van der Waals surface area (Å²) in [5.41, 5.74) is 0. The van der Waals surface area contributed by atoms with Gasteiger partial charge >= 0.3 is 0 Å². The highest BCUT2D eigenvalue weighted by Crippen LogP contribution is 2.20. The minimum atomic E-state index is 0.626. The number of hydrogen-bond acceptors (Lipinski definition) is 3. The van der Waals surface area contributed by atoms with Crippen molar-refractivity contribution in [2.24, 2.45) is 0 Å². The van der Waals surface area contributed by atoms with Crippen molar-refractivity contribution in [3.05, 3.63) is 0 Å². The van der Waals surface area contributed by atoms with Crippen molar-refractivity contribution >= 4 is 18.0 Å². The Morgan fingerprint density at radius 3 is 2.64 bits per heavy atom. The van der Waals surface area contributed by atoms with Crippen LogP contribution in [0.25, 0.3) is 0 Å². The summed E-state index contributed by atoms with van der Waals surface area (Å²) in [4.78, 5) is 12.4. The predicted octanol–water partition coefficient (Wildman–Crippen LogP) is 1.01. The summed E-state index contributed by atoms with van der Waals surface area (Å²) in [6.45, 7) is 2.83. The maximum absolute atomic E-state index is 10.2. The summed E-state index contributed by atoms with van der Waals surface area (Å²) in [5, 5.41) is 0.831. The summed E-state index contributed by atoms with van der Waals surface area (Å²) in [6, 6.07) is 0. The fourth-order valence-corrected chi connectivity index (χ4v) is 2.12. The Hall–Kier alpha value is -0.0200. The van der Waals surface area contributed by atoms with Gasteiger partial charge in [-0.05, 0) is 32.2 Å². The van der Waals surface area contributed by atoms with Crippen LogP contribution in [0.15, 0.2) is 0 Å². The Kier molecular flexibility index (Phi) is 3.94. The second-order valence-electron chi connectivity index (χ2n) is 2.90. The van der Waals surface area contributed by atoms with E-state index < -0.39 is 0 Å². The van der Waals surface area contributed by atoms with Crippen molar-refractivity contribution in [2.75, 3.05) is 25.9 Å². The Bertz CT molecular complexity index is 121. The van der Waals surface area contributed by atoms with Crippen LogP contribution in [-0.4, -0.2) is 42.3 Å². The van der Waals surface area contributed by atoms with Crippen molar-refractivity contribution in [1.82, 2.24) is 4.90 Å². The lowest BCUT2D eigenvalue weighted by Gasteiger charge is -2.29. The van der Waals surface area contributed by atoms with Crippen LogP contribution < -0.4 is 0 Å². The molecule has 0 radical (unpaired) electrons. The lowest BCUT2D eigenvalue weighted by molar-refractivity contribution is -0.109. The first-order valence-corrected chi connectivity index (χ1v) is 5.34. The highest BCUT2D eigenvalue weighted by Gasteiger charge is 2.16. The minimum absolute atomic E-state index is 0.626. The summed E-state index contributed by atoms with van der Waals surface area (Å²) in [5.74, 6) is 0. The number of rotatable bonds is 3. The predicted molar refractivity (Wildman–Crippen MR) is 49.0 cm³/mol. The SMILES string of the molecule is CSC1CCN(CC=O)CC1. The number of piperidine rings is 1. The molecule has 1 fully saturated rings. The quantitative estimate of drug-likeness (QED) is 0.594. The molecule has 0 spiro atoms. The zero-order valence-electron chi connectivity index (χ0n) is 6.95. The number of carbonyl (C=O) groups is 1. The molecule has 0 atom stereocenters. The van der Waals surface area contributed by atoms with Crippen LogP contribution in [0.3, 0.4) is 0 Å². The molecule has 3 heteroatoms. The summed E-state index contributed by atoms with van der Waals surface area (Å²) < 4.78 is 0. The minimum Gasteiger partial charge on any atom is -0.302 e. The molecule has 0 aromatic heterocycles. The maximum Gasteiger partial charge on any atom is 0.133 e. The van der Waals surface area contributed by atoms with E-state index in [9.17, 15) is 4.79 Å². The first-order chi connectivity index (χ1) is 5.36. The fourth-order valence-electron chi connectivity index (χ4n) is 1.43. The topological polar surface area (TPSA) is 20.3 Å². The Morgan fingerprint density at radius 1 is 1.55 bits per heavy atom. The fraction of sp³-hybridized carbons (Fsp3) is 0.875. The molecule has 64 valence electrons. The van der Waals surface area contributed by atoms with Gasteiger partial charge in [-0.1, -0.05) is 0 Å². The third-order valence-electron chi connectivity index (χ3n) is 2.20. The summed E-state index contributed by atoms with van der Waals surface area (Å²) in [7, 11) is 0. The van der Waals surface area contributed by atoms with Crippen LogP contribution >= 0.6 is 11.8 Å². The number of carbonyl (C=O) groups excluding carboxylic acids is 1. The van der Waals surface area contributed by atoms with Gasteiger partial charge in [0.1, 0.15) is 6.29 Å². The maximum atomic E-state index is 10.2. The molecule has 11 heavy (non-hydrogen) atoms. The normalized spacial score (nSPS) is 21.9. The molecule has 0 aromatic carbocycles. The van der Waals surface area contributed by atoms with Gasteiger partial charge in [-0.3, -0.25) is 4.90 Å². The van der Waals surface area contributed by atoms with E-state index >= 15 is 0 Å². The Labute approximate surface area is 72.3 Å². The van der Waals surface area contributed by atoms with Gasteiger partial charge in [0.2, 0.25) is 0 Å². The molecule has 0 aromatic rings. The number of likely N-dealkylation sites (tertiary alicyclic amines) is 1.